The average molecular weight is 264 g/mol. The Morgan fingerprint density at radius 3 is 2.56 bits per heavy atom. The fraction of sp³-hybridized carbons (Fsp3) is 0.286. The molecule has 0 amide bonds. The summed E-state index contributed by atoms with van der Waals surface area (Å²) >= 11 is 6.12. The van der Waals surface area contributed by atoms with Crippen molar-refractivity contribution in [3.63, 3.8) is 0 Å². The Hall–Kier alpha value is -1.61. The highest BCUT2D eigenvalue weighted by atomic mass is 35.5. The van der Waals surface area contributed by atoms with Gasteiger partial charge < -0.3 is 5.11 Å². The number of benzene rings is 1. The van der Waals surface area contributed by atoms with E-state index in [9.17, 15) is 4.79 Å². The fourth-order valence-corrected chi connectivity index (χ4v) is 2.18. The summed E-state index contributed by atoms with van der Waals surface area (Å²) in [5, 5.41) is 10.2. The topological polar surface area (TPSA) is 50.2 Å². The molecule has 1 N–H and O–H groups in total. The molecule has 2 aromatic rings. The number of rotatable bonds is 1. The summed E-state index contributed by atoms with van der Waals surface area (Å²) in [5.41, 5.74) is 1.51. The van der Waals surface area contributed by atoms with Crippen LogP contribution in [0.1, 0.15) is 36.8 Å². The van der Waals surface area contributed by atoms with E-state index in [2.05, 4.69) is 25.8 Å². The van der Waals surface area contributed by atoms with E-state index in [1.54, 1.807) is 0 Å². The SMILES string of the molecule is CC(C)(C)c1cccc2c(Cl)cc(C(=O)O)nc12. The number of halogens is 1. The second kappa shape index (κ2) is 4.25. The molecule has 3 nitrogen and oxygen atoms in total. The molecule has 0 bridgehead atoms. The number of carbonyl (C=O) groups is 1. The maximum atomic E-state index is 11.0. The van der Waals surface area contributed by atoms with Crippen LogP contribution in [0, 0.1) is 0 Å². The Kier molecular flexibility index (Phi) is 3.03. The first kappa shape index (κ1) is 12.8. The fourth-order valence-electron chi connectivity index (χ4n) is 1.92. The third-order valence-corrected chi connectivity index (χ3v) is 3.13. The predicted octanol–water partition coefficient (Wildman–Crippen LogP) is 3.88. The molecule has 2 rings (SSSR count). The lowest BCUT2D eigenvalue weighted by Gasteiger charge is -2.21. The first-order valence-electron chi connectivity index (χ1n) is 5.64. The zero-order chi connectivity index (χ0) is 13.5. The lowest BCUT2D eigenvalue weighted by Crippen LogP contribution is -2.13. The second-order valence-corrected chi connectivity index (χ2v) is 5.65. The standard InChI is InChI=1S/C14H14ClNO2/c1-14(2,3)9-6-4-5-8-10(15)7-11(13(17)18)16-12(8)9/h4-7H,1-3H3,(H,17,18). The molecular weight excluding hydrogens is 250 g/mol. The summed E-state index contributed by atoms with van der Waals surface area (Å²) in [4.78, 5) is 15.3. The molecule has 0 radical (unpaired) electrons. The van der Waals surface area contributed by atoms with Gasteiger partial charge in [0.15, 0.2) is 0 Å². The summed E-state index contributed by atoms with van der Waals surface area (Å²) in [6.45, 7) is 6.18. The molecule has 0 aliphatic heterocycles. The van der Waals surface area contributed by atoms with Crippen LogP contribution in [0.3, 0.4) is 0 Å². The monoisotopic (exact) mass is 263 g/mol. The van der Waals surface area contributed by atoms with E-state index < -0.39 is 5.97 Å². The number of hydrogen-bond donors (Lipinski definition) is 1. The van der Waals surface area contributed by atoms with Crippen molar-refractivity contribution < 1.29 is 9.90 Å². The molecule has 94 valence electrons. The van der Waals surface area contributed by atoms with Crippen LogP contribution >= 0.6 is 11.6 Å². The highest BCUT2D eigenvalue weighted by molar-refractivity contribution is 6.35. The average Bonchev–Trinajstić information content (AvgIpc) is 2.26. The van der Waals surface area contributed by atoms with Gasteiger partial charge in [0, 0.05) is 5.39 Å². The van der Waals surface area contributed by atoms with Crippen LogP contribution in [0.4, 0.5) is 0 Å². The van der Waals surface area contributed by atoms with Crippen molar-refractivity contribution in [2.24, 2.45) is 0 Å². The summed E-state index contributed by atoms with van der Waals surface area (Å²) in [6.07, 6.45) is 0. The van der Waals surface area contributed by atoms with Crippen molar-refractivity contribution in [1.82, 2.24) is 4.98 Å². The number of para-hydroxylation sites is 1. The summed E-state index contributed by atoms with van der Waals surface area (Å²) in [5.74, 6) is -1.07. The first-order valence-corrected chi connectivity index (χ1v) is 6.01. The molecule has 1 heterocycles. The molecule has 0 aliphatic carbocycles. The lowest BCUT2D eigenvalue weighted by atomic mass is 9.85. The number of pyridine rings is 1. The number of nitrogens with zero attached hydrogens (tertiary/aromatic N) is 1. The number of carboxylic acids is 1. The van der Waals surface area contributed by atoms with Crippen molar-refractivity contribution in [2.45, 2.75) is 26.2 Å². The molecule has 0 spiro atoms. The lowest BCUT2D eigenvalue weighted by molar-refractivity contribution is 0.0691. The summed E-state index contributed by atoms with van der Waals surface area (Å²) in [7, 11) is 0. The first-order chi connectivity index (χ1) is 8.30. The van der Waals surface area contributed by atoms with Gasteiger partial charge in [0.2, 0.25) is 0 Å². The van der Waals surface area contributed by atoms with Crippen LogP contribution in [0.15, 0.2) is 24.3 Å². The molecule has 0 atom stereocenters. The number of aromatic carboxylic acids is 1. The van der Waals surface area contributed by atoms with E-state index >= 15 is 0 Å². The summed E-state index contributed by atoms with van der Waals surface area (Å²) in [6, 6.07) is 7.11. The Morgan fingerprint density at radius 1 is 1.33 bits per heavy atom. The van der Waals surface area contributed by atoms with E-state index in [-0.39, 0.29) is 11.1 Å². The molecule has 1 aromatic heterocycles. The van der Waals surface area contributed by atoms with Crippen LogP contribution in [-0.4, -0.2) is 16.1 Å². The van der Waals surface area contributed by atoms with Gasteiger partial charge in [-0.15, -0.1) is 0 Å². The van der Waals surface area contributed by atoms with Crippen molar-refractivity contribution in [2.75, 3.05) is 0 Å². The molecule has 18 heavy (non-hydrogen) atoms. The van der Waals surface area contributed by atoms with Crippen molar-refractivity contribution >= 4 is 28.5 Å². The van der Waals surface area contributed by atoms with E-state index in [0.717, 1.165) is 10.9 Å². The molecule has 0 saturated carbocycles. The number of fused-ring (bicyclic) bond motifs is 1. The minimum atomic E-state index is -1.07. The van der Waals surface area contributed by atoms with Crippen molar-refractivity contribution in [3.8, 4) is 0 Å². The second-order valence-electron chi connectivity index (χ2n) is 5.25. The minimum Gasteiger partial charge on any atom is -0.477 e. The Bertz CT molecular complexity index is 629. The highest BCUT2D eigenvalue weighted by Gasteiger charge is 2.20. The van der Waals surface area contributed by atoms with Gasteiger partial charge in [-0.3, -0.25) is 0 Å². The molecule has 0 saturated heterocycles. The van der Waals surface area contributed by atoms with Gasteiger partial charge in [-0.25, -0.2) is 9.78 Å². The Morgan fingerprint density at radius 2 is 2.00 bits per heavy atom. The maximum absolute atomic E-state index is 11.0. The highest BCUT2D eigenvalue weighted by Crippen LogP contribution is 2.32. The van der Waals surface area contributed by atoms with E-state index in [1.807, 2.05) is 18.2 Å². The number of hydrogen-bond acceptors (Lipinski definition) is 2. The quantitative estimate of drug-likeness (QED) is 0.849. The number of aromatic nitrogens is 1. The van der Waals surface area contributed by atoms with Gasteiger partial charge in [-0.1, -0.05) is 50.6 Å². The third kappa shape index (κ3) is 2.18. The van der Waals surface area contributed by atoms with E-state index in [0.29, 0.717) is 10.5 Å². The van der Waals surface area contributed by atoms with Gasteiger partial charge in [-0.2, -0.15) is 0 Å². The zero-order valence-electron chi connectivity index (χ0n) is 10.5. The third-order valence-electron chi connectivity index (χ3n) is 2.82. The van der Waals surface area contributed by atoms with Gasteiger partial charge in [-0.05, 0) is 17.0 Å². The molecule has 1 aromatic carbocycles. The van der Waals surface area contributed by atoms with Crippen molar-refractivity contribution in [3.05, 3.63) is 40.5 Å². The van der Waals surface area contributed by atoms with Gasteiger partial charge >= 0.3 is 5.97 Å². The van der Waals surface area contributed by atoms with Gasteiger partial charge in [0.1, 0.15) is 5.69 Å². The van der Waals surface area contributed by atoms with Crippen LogP contribution in [0.5, 0.6) is 0 Å². The van der Waals surface area contributed by atoms with Crippen LogP contribution in [0.25, 0.3) is 10.9 Å². The normalized spacial score (nSPS) is 11.8. The van der Waals surface area contributed by atoms with E-state index in [1.165, 1.54) is 6.07 Å². The van der Waals surface area contributed by atoms with Crippen LogP contribution < -0.4 is 0 Å². The largest absolute Gasteiger partial charge is 0.477 e. The molecular formula is C14H14ClNO2. The Labute approximate surface area is 110 Å². The summed E-state index contributed by atoms with van der Waals surface area (Å²) < 4.78 is 0. The van der Waals surface area contributed by atoms with Crippen LogP contribution in [0.2, 0.25) is 5.02 Å². The van der Waals surface area contributed by atoms with E-state index in [4.69, 9.17) is 16.7 Å². The number of carboxylic acid groups (broad SMARTS) is 1. The maximum Gasteiger partial charge on any atom is 0.354 e. The zero-order valence-corrected chi connectivity index (χ0v) is 11.2. The smallest absolute Gasteiger partial charge is 0.354 e. The molecule has 0 unspecified atom stereocenters. The van der Waals surface area contributed by atoms with Crippen molar-refractivity contribution in [1.29, 1.82) is 0 Å². The molecule has 0 fully saturated rings. The molecule has 4 heteroatoms. The van der Waals surface area contributed by atoms with Gasteiger partial charge in [0.05, 0.1) is 10.5 Å². The van der Waals surface area contributed by atoms with Crippen LogP contribution in [-0.2, 0) is 5.41 Å². The molecule has 0 aliphatic rings. The Balaban J connectivity index is 2.86. The minimum absolute atomic E-state index is 0.0239. The predicted molar refractivity (Wildman–Crippen MR) is 72.4 cm³/mol. The van der Waals surface area contributed by atoms with Gasteiger partial charge in [0.25, 0.3) is 0 Å².